The summed E-state index contributed by atoms with van der Waals surface area (Å²) in [7, 11) is 0. The van der Waals surface area contributed by atoms with Crippen molar-refractivity contribution in [1.82, 2.24) is 9.97 Å². The SMILES string of the molecule is Cc1cc(F)ccc1C(=O)Nc1cc(-c2[nH]c3c(c2Nc2ccccc2)C(=O)C(C)CC3)ccn1. The van der Waals surface area contributed by atoms with Crippen molar-refractivity contribution in [3.8, 4) is 11.3 Å². The Kier molecular flexibility index (Phi) is 5.91. The number of aromatic nitrogens is 2. The van der Waals surface area contributed by atoms with Crippen LogP contribution in [0.3, 0.4) is 0 Å². The topological polar surface area (TPSA) is 86.9 Å². The van der Waals surface area contributed by atoms with Gasteiger partial charge in [0.1, 0.15) is 11.6 Å². The van der Waals surface area contributed by atoms with Gasteiger partial charge in [0.05, 0.1) is 16.9 Å². The van der Waals surface area contributed by atoms with Gasteiger partial charge >= 0.3 is 0 Å². The van der Waals surface area contributed by atoms with Gasteiger partial charge in [-0.25, -0.2) is 9.37 Å². The maximum Gasteiger partial charge on any atom is 0.257 e. The predicted octanol–water partition coefficient (Wildman–Crippen LogP) is 6.29. The van der Waals surface area contributed by atoms with E-state index in [2.05, 4.69) is 20.6 Å². The van der Waals surface area contributed by atoms with Crippen molar-refractivity contribution in [3.63, 3.8) is 0 Å². The lowest BCUT2D eigenvalue weighted by Gasteiger charge is -2.18. The molecule has 35 heavy (non-hydrogen) atoms. The minimum atomic E-state index is -0.391. The normalized spacial score (nSPS) is 14.9. The van der Waals surface area contributed by atoms with Gasteiger partial charge in [-0.1, -0.05) is 25.1 Å². The van der Waals surface area contributed by atoms with Crippen molar-refractivity contribution in [3.05, 3.63) is 95.1 Å². The van der Waals surface area contributed by atoms with Crippen molar-refractivity contribution < 1.29 is 14.0 Å². The number of amides is 1. The minimum absolute atomic E-state index is 0.0475. The highest BCUT2D eigenvalue weighted by Gasteiger charge is 2.31. The average molecular weight is 469 g/mol. The Morgan fingerprint density at radius 1 is 1.11 bits per heavy atom. The summed E-state index contributed by atoms with van der Waals surface area (Å²) in [6.07, 6.45) is 3.19. The Morgan fingerprint density at radius 2 is 1.91 bits per heavy atom. The number of nitrogens with zero attached hydrogens (tertiary/aromatic N) is 1. The third-order valence-corrected chi connectivity index (χ3v) is 6.37. The number of H-pyrrole nitrogens is 1. The Labute approximate surface area is 202 Å². The number of carbonyl (C=O) groups is 2. The molecule has 5 rings (SSSR count). The lowest BCUT2D eigenvalue weighted by Crippen LogP contribution is -2.20. The molecular formula is C28H25FN4O2. The van der Waals surface area contributed by atoms with Gasteiger partial charge in [-0.05, 0) is 67.8 Å². The molecule has 2 aromatic heterocycles. The number of benzene rings is 2. The molecule has 2 aromatic carbocycles. The van der Waals surface area contributed by atoms with Gasteiger partial charge in [0, 0.05) is 34.6 Å². The van der Waals surface area contributed by atoms with Crippen LogP contribution in [0.5, 0.6) is 0 Å². The van der Waals surface area contributed by atoms with Crippen molar-refractivity contribution in [1.29, 1.82) is 0 Å². The molecule has 0 saturated heterocycles. The number of hydrogen-bond donors (Lipinski definition) is 3. The third-order valence-electron chi connectivity index (χ3n) is 6.37. The van der Waals surface area contributed by atoms with Crippen molar-refractivity contribution in [2.45, 2.75) is 26.7 Å². The molecule has 0 bridgehead atoms. The monoisotopic (exact) mass is 468 g/mol. The highest BCUT2D eigenvalue weighted by atomic mass is 19.1. The fourth-order valence-corrected chi connectivity index (χ4v) is 4.48. The second-order valence-electron chi connectivity index (χ2n) is 8.87. The zero-order chi connectivity index (χ0) is 24.5. The number of rotatable bonds is 5. The molecule has 0 aliphatic heterocycles. The highest BCUT2D eigenvalue weighted by molar-refractivity contribution is 6.09. The first-order valence-corrected chi connectivity index (χ1v) is 11.6. The molecule has 1 unspecified atom stereocenters. The second-order valence-corrected chi connectivity index (χ2v) is 8.87. The van der Waals surface area contributed by atoms with Crippen LogP contribution in [-0.4, -0.2) is 21.7 Å². The van der Waals surface area contributed by atoms with Crippen LogP contribution in [0.25, 0.3) is 11.3 Å². The first kappa shape index (κ1) is 22.5. The van der Waals surface area contributed by atoms with Crippen LogP contribution >= 0.6 is 0 Å². The number of Topliss-reactive ketones (excluding diaryl/α,β-unsaturated/α-hetero) is 1. The number of nitrogens with one attached hydrogen (secondary N) is 3. The molecule has 0 saturated carbocycles. The number of halogens is 1. The van der Waals surface area contributed by atoms with Crippen molar-refractivity contribution in [2.24, 2.45) is 5.92 Å². The number of hydrogen-bond acceptors (Lipinski definition) is 4. The van der Waals surface area contributed by atoms with E-state index in [1.54, 1.807) is 19.2 Å². The van der Waals surface area contributed by atoms with E-state index in [1.165, 1.54) is 18.2 Å². The van der Waals surface area contributed by atoms with Crippen LogP contribution < -0.4 is 10.6 Å². The Bertz CT molecular complexity index is 1430. The van der Waals surface area contributed by atoms with Gasteiger partial charge in [0.15, 0.2) is 5.78 Å². The van der Waals surface area contributed by atoms with E-state index >= 15 is 0 Å². The van der Waals surface area contributed by atoms with Crippen LogP contribution in [0.15, 0.2) is 66.9 Å². The predicted molar refractivity (Wildman–Crippen MR) is 135 cm³/mol. The van der Waals surface area contributed by atoms with Crippen LogP contribution in [0.2, 0.25) is 0 Å². The van der Waals surface area contributed by atoms with E-state index < -0.39 is 5.82 Å². The largest absolute Gasteiger partial charge is 0.356 e. The number of para-hydroxylation sites is 1. The number of carbonyl (C=O) groups excluding carboxylic acids is 2. The molecule has 2 heterocycles. The summed E-state index contributed by atoms with van der Waals surface area (Å²) in [6.45, 7) is 3.65. The number of fused-ring (bicyclic) bond motifs is 1. The smallest absolute Gasteiger partial charge is 0.257 e. The number of pyridine rings is 1. The van der Waals surface area contributed by atoms with E-state index in [0.29, 0.717) is 22.5 Å². The van der Waals surface area contributed by atoms with Gasteiger partial charge in [0.2, 0.25) is 0 Å². The fraction of sp³-hybridized carbons (Fsp3) is 0.179. The van der Waals surface area contributed by atoms with E-state index in [-0.39, 0.29) is 17.6 Å². The molecule has 3 N–H and O–H groups in total. The summed E-state index contributed by atoms with van der Waals surface area (Å²) >= 11 is 0. The first-order chi connectivity index (χ1) is 16.9. The lowest BCUT2D eigenvalue weighted by atomic mass is 9.87. The summed E-state index contributed by atoms with van der Waals surface area (Å²) in [4.78, 5) is 33.7. The van der Waals surface area contributed by atoms with E-state index in [9.17, 15) is 14.0 Å². The number of aryl methyl sites for hydroxylation is 2. The summed E-state index contributed by atoms with van der Waals surface area (Å²) in [6, 6.07) is 17.3. The van der Waals surface area contributed by atoms with E-state index in [0.717, 1.165) is 41.2 Å². The molecule has 1 aliphatic carbocycles. The molecule has 1 aliphatic rings. The molecule has 0 spiro atoms. The first-order valence-electron chi connectivity index (χ1n) is 11.6. The number of aromatic amines is 1. The maximum atomic E-state index is 13.4. The van der Waals surface area contributed by atoms with Gasteiger partial charge in [-0.15, -0.1) is 0 Å². The minimum Gasteiger partial charge on any atom is -0.356 e. The number of anilines is 3. The Morgan fingerprint density at radius 3 is 2.69 bits per heavy atom. The molecular weight excluding hydrogens is 443 g/mol. The molecule has 0 fully saturated rings. The van der Waals surface area contributed by atoms with Gasteiger partial charge < -0.3 is 15.6 Å². The number of ketones is 1. The summed E-state index contributed by atoms with van der Waals surface area (Å²) < 4.78 is 13.4. The third kappa shape index (κ3) is 4.45. The van der Waals surface area contributed by atoms with Gasteiger partial charge in [0.25, 0.3) is 5.91 Å². The molecule has 1 amide bonds. The molecule has 6 nitrogen and oxygen atoms in total. The maximum absolute atomic E-state index is 13.4. The average Bonchev–Trinajstić information content (AvgIpc) is 3.21. The highest BCUT2D eigenvalue weighted by Crippen LogP contribution is 2.40. The zero-order valence-electron chi connectivity index (χ0n) is 19.5. The van der Waals surface area contributed by atoms with Crippen molar-refractivity contribution >= 4 is 28.9 Å². The lowest BCUT2D eigenvalue weighted by molar-refractivity contribution is 0.0914. The van der Waals surface area contributed by atoms with E-state index in [4.69, 9.17) is 0 Å². The molecule has 176 valence electrons. The van der Waals surface area contributed by atoms with Crippen molar-refractivity contribution in [2.75, 3.05) is 10.6 Å². The van der Waals surface area contributed by atoms with E-state index in [1.807, 2.05) is 43.3 Å². The summed E-state index contributed by atoms with van der Waals surface area (Å²) in [5.74, 6) is -0.342. The summed E-state index contributed by atoms with van der Waals surface area (Å²) in [5, 5.41) is 6.24. The summed E-state index contributed by atoms with van der Waals surface area (Å²) in [5.41, 5.74) is 5.64. The van der Waals surface area contributed by atoms with Crippen LogP contribution in [0, 0.1) is 18.7 Å². The fourth-order valence-electron chi connectivity index (χ4n) is 4.48. The molecule has 0 radical (unpaired) electrons. The zero-order valence-corrected chi connectivity index (χ0v) is 19.5. The molecule has 7 heteroatoms. The Balaban J connectivity index is 1.52. The quantitative estimate of drug-likeness (QED) is 0.321. The second kappa shape index (κ2) is 9.18. The Hall–Kier alpha value is -4.26. The van der Waals surface area contributed by atoms with Gasteiger partial charge in [-0.3, -0.25) is 9.59 Å². The van der Waals surface area contributed by atoms with Crippen LogP contribution in [0.1, 0.15) is 45.3 Å². The van der Waals surface area contributed by atoms with Crippen LogP contribution in [-0.2, 0) is 6.42 Å². The standard InChI is InChI=1S/C28H25FN4O2/c1-16-8-11-22-24(27(16)34)26(31-20-6-4-3-5-7-20)25(32-22)18-12-13-30-23(15-18)33-28(35)21-10-9-19(29)14-17(21)2/h3-7,9-10,12-16,31-32H,8,11H2,1-2H3,(H,30,33,35). The van der Waals surface area contributed by atoms with Crippen LogP contribution in [0.4, 0.5) is 21.6 Å². The molecule has 1 atom stereocenters. The molecule has 4 aromatic rings. The van der Waals surface area contributed by atoms with Gasteiger partial charge in [-0.2, -0.15) is 0 Å².